The fourth-order valence-electron chi connectivity index (χ4n) is 0.780. The van der Waals surface area contributed by atoms with Crippen LogP contribution in [0.1, 0.15) is 0 Å². The second kappa shape index (κ2) is 3.89. The largest absolute Gasteiger partial charge is 0.617 e. The molecule has 1 rings (SSSR count). The van der Waals surface area contributed by atoms with Crippen molar-refractivity contribution < 1.29 is 13.6 Å². The van der Waals surface area contributed by atoms with Crippen molar-refractivity contribution >= 4 is 15.7 Å². The van der Waals surface area contributed by atoms with Gasteiger partial charge in [-0.1, -0.05) is 18.2 Å². The van der Waals surface area contributed by atoms with Gasteiger partial charge in [0.2, 0.25) is 9.84 Å². The average Bonchev–Trinajstić information content (AvgIpc) is 2.16. The van der Waals surface area contributed by atoms with E-state index in [1.54, 1.807) is 18.2 Å². The summed E-state index contributed by atoms with van der Waals surface area (Å²) in [5, 5.41) is 11.7. The van der Waals surface area contributed by atoms with Gasteiger partial charge in [0.1, 0.15) is 5.41 Å². The van der Waals surface area contributed by atoms with Gasteiger partial charge < -0.3 is 5.21 Å². The maximum atomic E-state index is 11.3. The molecular formula is C8H7NO3S. The highest BCUT2D eigenvalue weighted by molar-refractivity contribution is 7.94. The molecule has 1 N–H and O–H groups in total. The first kappa shape index (κ1) is 9.51. The summed E-state index contributed by atoms with van der Waals surface area (Å²) in [6, 6.07) is 7.80. The summed E-state index contributed by atoms with van der Waals surface area (Å²) in [5.41, 5.74) is 0. The first-order valence-corrected chi connectivity index (χ1v) is 4.97. The first-order chi connectivity index (χ1) is 6.17. The van der Waals surface area contributed by atoms with E-state index in [4.69, 9.17) is 0 Å². The minimum absolute atomic E-state index is 0.137. The molecule has 0 saturated heterocycles. The second-order valence-electron chi connectivity index (χ2n) is 2.22. The van der Waals surface area contributed by atoms with Crippen LogP contribution < -0.4 is 5.16 Å². The van der Waals surface area contributed by atoms with Crippen LogP contribution in [0.5, 0.6) is 0 Å². The van der Waals surface area contributed by atoms with Crippen LogP contribution in [0.3, 0.4) is 0 Å². The van der Waals surface area contributed by atoms with Crippen LogP contribution in [-0.4, -0.2) is 14.3 Å². The second-order valence-corrected chi connectivity index (χ2v) is 4.02. The van der Waals surface area contributed by atoms with Gasteiger partial charge in [0.05, 0.1) is 4.90 Å². The maximum absolute atomic E-state index is 11.3. The summed E-state index contributed by atoms with van der Waals surface area (Å²) in [7, 11) is -3.52. The van der Waals surface area contributed by atoms with Gasteiger partial charge in [0, 0.05) is 0 Å². The Balaban J connectivity index is 3.17. The van der Waals surface area contributed by atoms with Crippen molar-refractivity contribution in [1.82, 2.24) is 0 Å². The van der Waals surface area contributed by atoms with Crippen molar-refractivity contribution in [2.45, 2.75) is 4.90 Å². The predicted molar refractivity (Wildman–Crippen MR) is 47.5 cm³/mol. The SMILES string of the molecule is O=S(=O)(C=C=[NH+][O-])c1ccccc1. The lowest BCUT2D eigenvalue weighted by Crippen LogP contribution is -2.58. The lowest BCUT2D eigenvalue weighted by Gasteiger charge is -1.93. The lowest BCUT2D eigenvalue weighted by atomic mass is 10.4. The minimum atomic E-state index is -3.52. The molecule has 0 saturated carbocycles. The van der Waals surface area contributed by atoms with E-state index in [-0.39, 0.29) is 4.90 Å². The van der Waals surface area contributed by atoms with Crippen molar-refractivity contribution in [2.75, 3.05) is 0 Å². The molecule has 1 aromatic rings. The molecule has 0 radical (unpaired) electrons. The van der Waals surface area contributed by atoms with Crippen LogP contribution in [0.2, 0.25) is 0 Å². The molecule has 68 valence electrons. The number of benzene rings is 1. The number of hydrogen-bond donors (Lipinski definition) is 1. The van der Waals surface area contributed by atoms with Crippen molar-refractivity contribution in [2.24, 2.45) is 0 Å². The first-order valence-electron chi connectivity index (χ1n) is 3.43. The van der Waals surface area contributed by atoms with Crippen LogP contribution >= 0.6 is 0 Å². The van der Waals surface area contributed by atoms with E-state index in [0.717, 1.165) is 0 Å². The highest BCUT2D eigenvalue weighted by atomic mass is 32.2. The van der Waals surface area contributed by atoms with Crippen LogP contribution in [0.25, 0.3) is 0 Å². The molecule has 0 unspecified atom stereocenters. The molecule has 0 aliphatic heterocycles. The van der Waals surface area contributed by atoms with Gasteiger partial charge in [-0.15, -0.1) is 0 Å². The standard InChI is InChI=1S/C8H7NO3S/c10-9-6-7-13(11,12)8-4-2-1-3-5-8/h1-5,7,9H. The minimum Gasteiger partial charge on any atom is -0.617 e. The third kappa shape index (κ3) is 2.43. The Morgan fingerprint density at radius 2 is 1.92 bits per heavy atom. The van der Waals surface area contributed by atoms with Gasteiger partial charge >= 0.3 is 0 Å². The summed E-state index contributed by atoms with van der Waals surface area (Å²) in [5.74, 6) is 1.87. The van der Waals surface area contributed by atoms with E-state index in [1.807, 2.05) is 5.87 Å². The fourth-order valence-corrected chi connectivity index (χ4v) is 1.66. The van der Waals surface area contributed by atoms with Gasteiger partial charge in [-0.05, 0) is 12.1 Å². The number of nitrogens with one attached hydrogen (secondary N) is 1. The smallest absolute Gasteiger partial charge is 0.212 e. The van der Waals surface area contributed by atoms with E-state index < -0.39 is 9.84 Å². The summed E-state index contributed by atoms with van der Waals surface area (Å²) in [4.78, 5) is 0.137. The monoisotopic (exact) mass is 197 g/mol. The van der Waals surface area contributed by atoms with Gasteiger partial charge in [-0.25, -0.2) is 8.42 Å². The highest BCUT2D eigenvalue weighted by Crippen LogP contribution is 2.09. The molecule has 0 bridgehead atoms. The highest BCUT2D eigenvalue weighted by Gasteiger charge is 2.09. The van der Waals surface area contributed by atoms with Crippen molar-refractivity contribution in [3.8, 4) is 0 Å². The molecule has 0 aliphatic carbocycles. The van der Waals surface area contributed by atoms with Gasteiger partial charge in [-0.2, -0.15) is 5.16 Å². The third-order valence-electron chi connectivity index (χ3n) is 1.34. The van der Waals surface area contributed by atoms with E-state index in [0.29, 0.717) is 5.41 Å². The predicted octanol–water partition coefficient (Wildman–Crippen LogP) is -0.778. The molecule has 0 aliphatic rings. The number of rotatable bonds is 2. The fraction of sp³-hybridized carbons (Fsp3) is 0. The number of sulfone groups is 1. The Morgan fingerprint density at radius 3 is 2.46 bits per heavy atom. The number of hydrogen-bond acceptors (Lipinski definition) is 3. The van der Waals surface area contributed by atoms with Gasteiger partial charge in [0.25, 0.3) is 0 Å². The van der Waals surface area contributed by atoms with E-state index in [1.165, 1.54) is 17.3 Å². The summed E-state index contributed by atoms with van der Waals surface area (Å²) in [6.07, 6.45) is 0. The van der Waals surface area contributed by atoms with Crippen molar-refractivity contribution in [3.63, 3.8) is 0 Å². The van der Waals surface area contributed by atoms with Crippen molar-refractivity contribution in [3.05, 3.63) is 40.9 Å². The zero-order chi connectivity index (χ0) is 9.73. The molecule has 0 amide bonds. The van der Waals surface area contributed by atoms with Crippen LogP contribution in [0.4, 0.5) is 0 Å². The molecule has 0 fully saturated rings. The summed E-state index contributed by atoms with van der Waals surface area (Å²) in [6.45, 7) is 0. The Kier molecular flexibility index (Phi) is 2.84. The maximum Gasteiger partial charge on any atom is 0.212 e. The van der Waals surface area contributed by atoms with Gasteiger partial charge in [0.15, 0.2) is 5.87 Å². The van der Waals surface area contributed by atoms with Crippen LogP contribution in [-0.2, 0) is 9.84 Å². The molecular weight excluding hydrogens is 190 g/mol. The van der Waals surface area contributed by atoms with Crippen LogP contribution in [0, 0.1) is 5.21 Å². The Hall–Kier alpha value is -1.58. The molecule has 4 nitrogen and oxygen atoms in total. The third-order valence-corrected chi connectivity index (χ3v) is 2.70. The van der Waals surface area contributed by atoms with E-state index in [9.17, 15) is 13.6 Å². The lowest BCUT2D eigenvalue weighted by molar-refractivity contribution is -0.363. The molecule has 1 aromatic carbocycles. The van der Waals surface area contributed by atoms with E-state index in [2.05, 4.69) is 0 Å². The normalized spacial score (nSPS) is 10.2. The quantitative estimate of drug-likeness (QED) is 0.384. The van der Waals surface area contributed by atoms with Crippen molar-refractivity contribution in [1.29, 1.82) is 0 Å². The molecule has 0 aromatic heterocycles. The zero-order valence-corrected chi connectivity index (χ0v) is 7.41. The Bertz CT molecular complexity index is 430. The average molecular weight is 197 g/mol. The van der Waals surface area contributed by atoms with E-state index >= 15 is 0 Å². The summed E-state index contributed by atoms with van der Waals surface area (Å²) < 4.78 is 22.6. The molecule has 0 atom stereocenters. The Morgan fingerprint density at radius 1 is 1.31 bits per heavy atom. The molecule has 0 spiro atoms. The Labute approximate surface area is 75.7 Å². The topological polar surface area (TPSA) is 71.2 Å². The zero-order valence-electron chi connectivity index (χ0n) is 6.60. The molecule has 13 heavy (non-hydrogen) atoms. The molecule has 5 heteroatoms. The summed E-state index contributed by atoms with van der Waals surface area (Å²) >= 11 is 0. The van der Waals surface area contributed by atoms with Crippen LogP contribution in [0.15, 0.2) is 40.6 Å². The van der Waals surface area contributed by atoms with Gasteiger partial charge in [-0.3, -0.25) is 0 Å². The molecule has 0 heterocycles.